The number of benzene rings is 1. The van der Waals surface area contributed by atoms with Gasteiger partial charge in [-0.15, -0.1) is 0 Å². The lowest BCUT2D eigenvalue weighted by Gasteiger charge is -2.02. The SMILES string of the molecule is Cc1cc(CC(=O)CCCc2ccccc2)n(C)n1. The molecule has 0 aliphatic rings. The molecule has 0 aliphatic heterocycles. The lowest BCUT2D eigenvalue weighted by Crippen LogP contribution is -2.07. The molecule has 2 aromatic rings. The molecular weight excluding hydrogens is 236 g/mol. The Labute approximate surface area is 114 Å². The van der Waals surface area contributed by atoms with Crippen molar-refractivity contribution in [3.05, 3.63) is 53.3 Å². The predicted molar refractivity (Wildman–Crippen MR) is 76.0 cm³/mol. The Bertz CT molecular complexity index is 543. The van der Waals surface area contributed by atoms with Gasteiger partial charge in [0.25, 0.3) is 0 Å². The third-order valence-electron chi connectivity index (χ3n) is 3.24. The van der Waals surface area contributed by atoms with Crippen LogP contribution in [0.1, 0.15) is 29.8 Å². The van der Waals surface area contributed by atoms with Crippen LogP contribution in [-0.2, 0) is 24.7 Å². The summed E-state index contributed by atoms with van der Waals surface area (Å²) in [4.78, 5) is 11.9. The second-order valence-electron chi connectivity index (χ2n) is 4.96. The number of hydrogen-bond acceptors (Lipinski definition) is 2. The van der Waals surface area contributed by atoms with Crippen LogP contribution in [0.5, 0.6) is 0 Å². The van der Waals surface area contributed by atoms with Crippen LogP contribution in [0.25, 0.3) is 0 Å². The van der Waals surface area contributed by atoms with Crippen molar-refractivity contribution in [2.75, 3.05) is 0 Å². The zero-order valence-electron chi connectivity index (χ0n) is 11.6. The summed E-state index contributed by atoms with van der Waals surface area (Å²) in [5.74, 6) is 0.291. The minimum Gasteiger partial charge on any atom is -0.299 e. The number of nitrogens with zero attached hydrogens (tertiary/aromatic N) is 2. The highest BCUT2D eigenvalue weighted by atomic mass is 16.1. The molecule has 0 radical (unpaired) electrons. The molecule has 1 aromatic heterocycles. The van der Waals surface area contributed by atoms with Crippen LogP contribution in [-0.4, -0.2) is 15.6 Å². The number of aromatic nitrogens is 2. The Balaban J connectivity index is 1.78. The fourth-order valence-corrected chi connectivity index (χ4v) is 2.25. The number of ketones is 1. The highest BCUT2D eigenvalue weighted by Gasteiger charge is 2.08. The molecule has 1 heterocycles. The molecule has 0 saturated heterocycles. The summed E-state index contributed by atoms with van der Waals surface area (Å²) in [5, 5.41) is 4.26. The van der Waals surface area contributed by atoms with Gasteiger partial charge in [-0.2, -0.15) is 5.10 Å². The van der Waals surface area contributed by atoms with Gasteiger partial charge in [0.05, 0.1) is 5.69 Å². The van der Waals surface area contributed by atoms with Crippen molar-refractivity contribution in [2.45, 2.75) is 32.6 Å². The van der Waals surface area contributed by atoms with Gasteiger partial charge in [-0.3, -0.25) is 9.48 Å². The standard InChI is InChI=1S/C16H20N2O/c1-13-11-15(18(2)17-13)12-16(19)10-6-9-14-7-4-3-5-8-14/h3-5,7-8,11H,6,9-10,12H2,1-2H3. The average molecular weight is 256 g/mol. The van der Waals surface area contributed by atoms with Crippen molar-refractivity contribution in [3.8, 4) is 0 Å². The number of aryl methyl sites for hydroxylation is 3. The van der Waals surface area contributed by atoms with E-state index in [0.717, 1.165) is 24.2 Å². The van der Waals surface area contributed by atoms with Gasteiger partial charge in [0.15, 0.2) is 0 Å². The van der Waals surface area contributed by atoms with Gasteiger partial charge in [0.1, 0.15) is 5.78 Å². The molecule has 0 bridgehead atoms. The van der Waals surface area contributed by atoms with E-state index in [2.05, 4.69) is 17.2 Å². The van der Waals surface area contributed by atoms with Crippen molar-refractivity contribution in [1.29, 1.82) is 0 Å². The first-order valence-corrected chi connectivity index (χ1v) is 6.70. The zero-order chi connectivity index (χ0) is 13.7. The van der Waals surface area contributed by atoms with Gasteiger partial charge in [-0.25, -0.2) is 0 Å². The van der Waals surface area contributed by atoms with Crippen molar-refractivity contribution >= 4 is 5.78 Å². The molecule has 2 rings (SSSR count). The van der Waals surface area contributed by atoms with Crippen molar-refractivity contribution in [3.63, 3.8) is 0 Å². The quantitative estimate of drug-likeness (QED) is 0.796. The normalized spacial score (nSPS) is 10.6. The van der Waals surface area contributed by atoms with E-state index in [0.29, 0.717) is 18.6 Å². The summed E-state index contributed by atoms with van der Waals surface area (Å²) >= 11 is 0. The topological polar surface area (TPSA) is 34.9 Å². The summed E-state index contributed by atoms with van der Waals surface area (Å²) < 4.78 is 1.80. The molecule has 0 saturated carbocycles. The largest absolute Gasteiger partial charge is 0.299 e. The van der Waals surface area contributed by atoms with E-state index < -0.39 is 0 Å². The van der Waals surface area contributed by atoms with Crippen LogP contribution in [0.3, 0.4) is 0 Å². The maximum absolute atomic E-state index is 11.9. The monoisotopic (exact) mass is 256 g/mol. The number of hydrogen-bond donors (Lipinski definition) is 0. The first-order chi connectivity index (χ1) is 9.15. The van der Waals surface area contributed by atoms with Crippen LogP contribution in [0.4, 0.5) is 0 Å². The van der Waals surface area contributed by atoms with Crippen molar-refractivity contribution in [2.24, 2.45) is 7.05 Å². The molecule has 0 atom stereocenters. The maximum atomic E-state index is 11.9. The third-order valence-corrected chi connectivity index (χ3v) is 3.24. The van der Waals surface area contributed by atoms with Crippen LogP contribution in [0.2, 0.25) is 0 Å². The van der Waals surface area contributed by atoms with E-state index in [1.165, 1.54) is 5.56 Å². The number of rotatable bonds is 6. The second kappa shape index (κ2) is 6.32. The van der Waals surface area contributed by atoms with E-state index in [9.17, 15) is 4.79 Å². The number of Topliss-reactive ketones (excluding diaryl/α,β-unsaturated/α-hetero) is 1. The van der Waals surface area contributed by atoms with Gasteiger partial charge in [0.2, 0.25) is 0 Å². The third kappa shape index (κ3) is 4.05. The van der Waals surface area contributed by atoms with Crippen molar-refractivity contribution < 1.29 is 4.79 Å². The number of carbonyl (C=O) groups excluding carboxylic acids is 1. The van der Waals surface area contributed by atoms with E-state index >= 15 is 0 Å². The van der Waals surface area contributed by atoms with Gasteiger partial charge in [-0.05, 0) is 31.4 Å². The molecule has 0 N–H and O–H groups in total. The van der Waals surface area contributed by atoms with E-state index in [1.807, 2.05) is 38.2 Å². The minimum atomic E-state index is 0.291. The molecule has 3 nitrogen and oxygen atoms in total. The van der Waals surface area contributed by atoms with Crippen LogP contribution in [0.15, 0.2) is 36.4 Å². The fourth-order valence-electron chi connectivity index (χ4n) is 2.25. The fraction of sp³-hybridized carbons (Fsp3) is 0.375. The van der Waals surface area contributed by atoms with Gasteiger partial charge in [0, 0.05) is 25.6 Å². The van der Waals surface area contributed by atoms with Crippen LogP contribution < -0.4 is 0 Å². The van der Waals surface area contributed by atoms with Gasteiger partial charge >= 0.3 is 0 Å². The molecule has 100 valence electrons. The first-order valence-electron chi connectivity index (χ1n) is 6.70. The highest BCUT2D eigenvalue weighted by molar-refractivity contribution is 5.80. The first kappa shape index (κ1) is 13.5. The Morgan fingerprint density at radius 2 is 2.00 bits per heavy atom. The molecule has 0 aliphatic carbocycles. The van der Waals surface area contributed by atoms with Gasteiger partial charge < -0.3 is 0 Å². The van der Waals surface area contributed by atoms with Gasteiger partial charge in [-0.1, -0.05) is 30.3 Å². The molecule has 3 heteroatoms. The summed E-state index contributed by atoms with van der Waals surface area (Å²) in [6, 6.07) is 12.3. The molecule has 1 aromatic carbocycles. The maximum Gasteiger partial charge on any atom is 0.138 e. The van der Waals surface area contributed by atoms with E-state index in [1.54, 1.807) is 4.68 Å². The molecule has 0 unspecified atom stereocenters. The highest BCUT2D eigenvalue weighted by Crippen LogP contribution is 2.08. The van der Waals surface area contributed by atoms with Crippen LogP contribution >= 0.6 is 0 Å². The summed E-state index contributed by atoms with van der Waals surface area (Å²) in [6.07, 6.45) is 3.02. The lowest BCUT2D eigenvalue weighted by molar-refractivity contribution is -0.118. The predicted octanol–water partition coefficient (Wildman–Crippen LogP) is 2.86. The smallest absolute Gasteiger partial charge is 0.138 e. The molecule has 19 heavy (non-hydrogen) atoms. The van der Waals surface area contributed by atoms with E-state index in [4.69, 9.17) is 0 Å². The number of carbonyl (C=O) groups is 1. The lowest BCUT2D eigenvalue weighted by atomic mass is 10.0. The average Bonchev–Trinajstić information content (AvgIpc) is 2.69. The molecule has 0 spiro atoms. The van der Waals surface area contributed by atoms with E-state index in [-0.39, 0.29) is 0 Å². The Morgan fingerprint density at radius 3 is 2.63 bits per heavy atom. The Kier molecular flexibility index (Phi) is 4.50. The summed E-state index contributed by atoms with van der Waals surface area (Å²) in [7, 11) is 1.89. The second-order valence-corrected chi connectivity index (χ2v) is 4.96. The summed E-state index contributed by atoms with van der Waals surface area (Å²) in [5.41, 5.74) is 3.27. The Hall–Kier alpha value is -1.90. The van der Waals surface area contributed by atoms with Crippen LogP contribution in [0, 0.1) is 6.92 Å². The molecule has 0 fully saturated rings. The zero-order valence-corrected chi connectivity index (χ0v) is 11.6. The minimum absolute atomic E-state index is 0.291. The molecular formula is C16H20N2O. The summed E-state index contributed by atoms with van der Waals surface area (Å²) in [6.45, 7) is 1.95. The van der Waals surface area contributed by atoms with Crippen molar-refractivity contribution in [1.82, 2.24) is 9.78 Å². The Morgan fingerprint density at radius 1 is 1.26 bits per heavy atom. The molecule has 0 amide bonds.